The normalized spacial score (nSPS) is 10.8. The summed E-state index contributed by atoms with van der Waals surface area (Å²) >= 11 is 1.80. The van der Waals surface area contributed by atoms with Crippen molar-refractivity contribution in [2.75, 3.05) is 5.75 Å². The standard InChI is InChI=1S/C11H22SSi/c1-5-6-7-8-9-12-10-11-13(2,3)4/h5-7,10-11H2,1-4H3. The molecule has 0 saturated carbocycles. The van der Waals surface area contributed by atoms with Gasteiger partial charge >= 0.3 is 0 Å². The molecule has 0 aliphatic heterocycles. The lowest BCUT2D eigenvalue weighted by Gasteiger charge is -2.13. The van der Waals surface area contributed by atoms with Gasteiger partial charge in [-0.3, -0.25) is 0 Å². The smallest absolute Gasteiger partial charge is 0.0451 e. The topological polar surface area (TPSA) is 0 Å². The molecule has 2 heteroatoms. The first-order valence-corrected chi connectivity index (χ1v) is 9.85. The van der Waals surface area contributed by atoms with Gasteiger partial charge in [-0.15, -0.1) is 0 Å². The first-order chi connectivity index (χ1) is 6.06. The highest BCUT2D eigenvalue weighted by molar-refractivity contribution is 8.03. The van der Waals surface area contributed by atoms with E-state index >= 15 is 0 Å². The first-order valence-electron chi connectivity index (χ1n) is 5.16. The zero-order valence-corrected chi connectivity index (χ0v) is 11.3. The van der Waals surface area contributed by atoms with E-state index in [1.54, 1.807) is 11.8 Å². The average molecular weight is 214 g/mol. The molecule has 0 aromatic rings. The average Bonchev–Trinajstić information content (AvgIpc) is 2.01. The Balaban J connectivity index is 3.28. The van der Waals surface area contributed by atoms with Crippen molar-refractivity contribution in [2.45, 2.75) is 51.9 Å². The monoisotopic (exact) mass is 214 g/mol. The SMILES string of the molecule is CCCCC#CSCC[Si](C)(C)C. The van der Waals surface area contributed by atoms with Crippen LogP contribution in [0.5, 0.6) is 0 Å². The van der Waals surface area contributed by atoms with Crippen LogP contribution in [-0.2, 0) is 0 Å². The maximum atomic E-state index is 3.20. The summed E-state index contributed by atoms with van der Waals surface area (Å²) in [5.74, 6) is 4.43. The number of unbranched alkanes of at least 4 members (excludes halogenated alkanes) is 2. The second-order valence-electron chi connectivity index (χ2n) is 4.54. The molecule has 0 spiro atoms. The molecule has 0 aromatic heterocycles. The molecule has 0 radical (unpaired) electrons. The van der Waals surface area contributed by atoms with Crippen LogP contribution < -0.4 is 0 Å². The third kappa shape index (κ3) is 12.1. The fraction of sp³-hybridized carbons (Fsp3) is 0.818. The summed E-state index contributed by atoms with van der Waals surface area (Å²) in [4.78, 5) is 0. The van der Waals surface area contributed by atoms with E-state index in [4.69, 9.17) is 0 Å². The molecular formula is C11H22SSi. The van der Waals surface area contributed by atoms with Gasteiger partial charge in [-0.2, -0.15) is 0 Å². The number of rotatable bonds is 5. The Kier molecular flexibility index (Phi) is 7.60. The quantitative estimate of drug-likeness (QED) is 0.375. The van der Waals surface area contributed by atoms with Gasteiger partial charge in [-0.25, -0.2) is 0 Å². The molecule has 0 fully saturated rings. The van der Waals surface area contributed by atoms with Gasteiger partial charge in [0.25, 0.3) is 0 Å². The van der Waals surface area contributed by atoms with Gasteiger partial charge < -0.3 is 0 Å². The summed E-state index contributed by atoms with van der Waals surface area (Å²) in [7, 11) is -0.821. The van der Waals surface area contributed by atoms with Crippen LogP contribution in [0.15, 0.2) is 0 Å². The number of hydrogen-bond donors (Lipinski definition) is 0. The van der Waals surface area contributed by atoms with E-state index in [0.717, 1.165) is 6.42 Å². The van der Waals surface area contributed by atoms with Crippen LogP contribution in [0.1, 0.15) is 26.2 Å². The lowest BCUT2D eigenvalue weighted by molar-refractivity contribution is 0.828. The molecule has 0 amide bonds. The van der Waals surface area contributed by atoms with Crippen molar-refractivity contribution in [3.05, 3.63) is 0 Å². The minimum atomic E-state index is -0.821. The van der Waals surface area contributed by atoms with Crippen molar-refractivity contribution >= 4 is 19.8 Å². The maximum Gasteiger partial charge on any atom is 0.0451 e. The molecule has 0 atom stereocenters. The molecule has 13 heavy (non-hydrogen) atoms. The zero-order valence-electron chi connectivity index (χ0n) is 9.44. The molecule has 0 N–H and O–H groups in total. The Bertz CT molecular complexity index is 171. The lowest BCUT2D eigenvalue weighted by atomic mass is 10.3. The van der Waals surface area contributed by atoms with Crippen molar-refractivity contribution in [1.82, 2.24) is 0 Å². The van der Waals surface area contributed by atoms with Crippen LogP contribution in [0.3, 0.4) is 0 Å². The van der Waals surface area contributed by atoms with Gasteiger partial charge in [0.2, 0.25) is 0 Å². The highest BCUT2D eigenvalue weighted by Gasteiger charge is 2.11. The van der Waals surface area contributed by atoms with Crippen molar-refractivity contribution in [1.29, 1.82) is 0 Å². The minimum absolute atomic E-state index is 0.821. The Morgan fingerprint density at radius 2 is 1.92 bits per heavy atom. The summed E-state index contributed by atoms with van der Waals surface area (Å²) in [5.41, 5.74) is 0. The largest absolute Gasteiger partial charge is 0.0913 e. The molecular weight excluding hydrogens is 192 g/mol. The van der Waals surface area contributed by atoms with Crippen LogP contribution in [0, 0.1) is 11.2 Å². The second-order valence-corrected chi connectivity index (χ2v) is 11.1. The van der Waals surface area contributed by atoms with Crippen molar-refractivity contribution in [2.24, 2.45) is 0 Å². The van der Waals surface area contributed by atoms with Gasteiger partial charge in [0.05, 0.1) is 0 Å². The summed E-state index contributed by atoms with van der Waals surface area (Å²) < 4.78 is 0. The fourth-order valence-corrected chi connectivity index (χ4v) is 3.94. The predicted molar refractivity (Wildman–Crippen MR) is 67.9 cm³/mol. The summed E-state index contributed by atoms with van der Waals surface area (Å²) in [6.07, 6.45) is 3.59. The second kappa shape index (κ2) is 7.52. The van der Waals surface area contributed by atoms with E-state index < -0.39 is 8.07 Å². The number of hydrogen-bond acceptors (Lipinski definition) is 1. The third-order valence-corrected chi connectivity index (χ3v) is 4.56. The van der Waals surface area contributed by atoms with Gasteiger partial charge in [0.1, 0.15) is 0 Å². The van der Waals surface area contributed by atoms with Gasteiger partial charge in [-0.1, -0.05) is 50.7 Å². The zero-order chi connectivity index (χ0) is 10.2. The van der Waals surface area contributed by atoms with E-state index in [0.29, 0.717) is 0 Å². The third-order valence-electron chi connectivity index (χ3n) is 1.75. The van der Waals surface area contributed by atoms with Crippen LogP contribution in [0.25, 0.3) is 0 Å². The molecule has 0 bridgehead atoms. The van der Waals surface area contributed by atoms with Crippen LogP contribution in [-0.4, -0.2) is 13.8 Å². The van der Waals surface area contributed by atoms with Crippen molar-refractivity contribution in [3.8, 4) is 11.2 Å². The minimum Gasteiger partial charge on any atom is -0.0913 e. The van der Waals surface area contributed by atoms with Crippen molar-refractivity contribution in [3.63, 3.8) is 0 Å². The van der Waals surface area contributed by atoms with Crippen LogP contribution in [0.4, 0.5) is 0 Å². The van der Waals surface area contributed by atoms with Crippen LogP contribution >= 0.6 is 11.8 Å². The highest BCUT2D eigenvalue weighted by Crippen LogP contribution is 2.12. The van der Waals surface area contributed by atoms with Gasteiger partial charge in [0.15, 0.2) is 0 Å². The lowest BCUT2D eigenvalue weighted by Crippen LogP contribution is -2.19. The number of thioether (sulfide) groups is 1. The molecule has 0 unspecified atom stereocenters. The Morgan fingerprint density at radius 3 is 2.46 bits per heavy atom. The summed E-state index contributed by atoms with van der Waals surface area (Å²) in [5, 5.41) is 3.18. The molecule has 0 aliphatic carbocycles. The van der Waals surface area contributed by atoms with Gasteiger partial charge in [0, 0.05) is 20.2 Å². The van der Waals surface area contributed by atoms with E-state index in [1.165, 1.54) is 24.6 Å². The predicted octanol–water partition coefficient (Wildman–Crippen LogP) is 4.21. The summed E-state index contributed by atoms with van der Waals surface area (Å²) in [6.45, 7) is 9.45. The molecule has 0 aliphatic rings. The fourth-order valence-electron chi connectivity index (χ4n) is 0.775. The van der Waals surface area contributed by atoms with Crippen molar-refractivity contribution < 1.29 is 0 Å². The van der Waals surface area contributed by atoms with Crippen LogP contribution in [0.2, 0.25) is 25.7 Å². The first kappa shape index (κ1) is 13.1. The Hall–Kier alpha value is 0.127. The van der Waals surface area contributed by atoms with E-state index in [2.05, 4.69) is 37.7 Å². The molecule has 0 rings (SSSR count). The Morgan fingerprint density at radius 1 is 1.23 bits per heavy atom. The Labute approximate surface area is 88.9 Å². The maximum absolute atomic E-state index is 3.20. The molecule has 0 heterocycles. The highest BCUT2D eigenvalue weighted by atomic mass is 32.2. The van der Waals surface area contributed by atoms with E-state index in [9.17, 15) is 0 Å². The molecule has 0 nitrogen and oxygen atoms in total. The molecule has 0 aromatic carbocycles. The molecule has 0 saturated heterocycles. The summed E-state index contributed by atoms with van der Waals surface area (Å²) in [6, 6.07) is 1.39. The van der Waals surface area contributed by atoms with Gasteiger partial charge in [-0.05, 0) is 17.7 Å². The van der Waals surface area contributed by atoms with E-state index in [-0.39, 0.29) is 0 Å². The van der Waals surface area contributed by atoms with E-state index in [1.807, 2.05) is 0 Å². The molecule has 76 valence electrons.